The molecule has 1 atom stereocenters. The van der Waals surface area contributed by atoms with E-state index in [1.165, 1.54) is 24.8 Å². The third-order valence-electron chi connectivity index (χ3n) is 6.04. The molecule has 0 bridgehead atoms. The first-order valence-electron chi connectivity index (χ1n) is 11.0. The van der Waals surface area contributed by atoms with Crippen molar-refractivity contribution in [3.05, 3.63) is 93.8 Å². The highest BCUT2D eigenvalue weighted by molar-refractivity contribution is 5.94. The number of aromatic nitrogens is 1. The molecule has 0 aliphatic carbocycles. The molecule has 0 spiro atoms. The van der Waals surface area contributed by atoms with Gasteiger partial charge in [0.25, 0.3) is 11.5 Å². The first-order valence-corrected chi connectivity index (χ1v) is 11.0. The molecule has 1 fully saturated rings. The van der Waals surface area contributed by atoms with Crippen LogP contribution in [-0.2, 0) is 13.1 Å². The summed E-state index contributed by atoms with van der Waals surface area (Å²) in [4.78, 5) is 30.3. The number of H-pyrrole nitrogens is 1. The van der Waals surface area contributed by atoms with E-state index in [1.54, 1.807) is 12.1 Å². The van der Waals surface area contributed by atoms with E-state index in [2.05, 4.69) is 34.3 Å². The summed E-state index contributed by atoms with van der Waals surface area (Å²) in [6, 6.07) is 21.9. The van der Waals surface area contributed by atoms with Crippen LogP contribution in [0, 0.1) is 0 Å². The van der Waals surface area contributed by atoms with E-state index in [1.807, 2.05) is 42.5 Å². The molecule has 31 heavy (non-hydrogen) atoms. The fourth-order valence-electron chi connectivity index (χ4n) is 4.11. The van der Waals surface area contributed by atoms with Gasteiger partial charge in [0, 0.05) is 24.8 Å². The Morgan fingerprint density at radius 3 is 2.45 bits per heavy atom. The predicted molar refractivity (Wildman–Crippen MR) is 124 cm³/mol. The zero-order valence-electron chi connectivity index (χ0n) is 17.9. The molecule has 0 radical (unpaired) electrons. The quantitative estimate of drug-likeness (QED) is 0.629. The summed E-state index contributed by atoms with van der Waals surface area (Å²) in [7, 11) is 0. The number of nitrogens with zero attached hydrogens (tertiary/aromatic N) is 1. The SMILES string of the molecule is CC1CCCCN1Cc1ccc(CNC(=O)c2ccc(-c3ccccc3)[nH]c2=O)cc1. The molecule has 5 nitrogen and oxygen atoms in total. The molecule has 4 rings (SSSR count). The van der Waals surface area contributed by atoms with Gasteiger partial charge in [0.1, 0.15) is 5.56 Å². The number of benzene rings is 2. The second-order valence-electron chi connectivity index (χ2n) is 8.30. The van der Waals surface area contributed by atoms with Crippen molar-refractivity contribution in [2.24, 2.45) is 0 Å². The summed E-state index contributed by atoms with van der Waals surface area (Å²) < 4.78 is 0. The fraction of sp³-hybridized carbons (Fsp3) is 0.308. The average molecular weight is 416 g/mol. The van der Waals surface area contributed by atoms with Crippen LogP contribution in [0.4, 0.5) is 0 Å². The Morgan fingerprint density at radius 2 is 1.74 bits per heavy atom. The van der Waals surface area contributed by atoms with Crippen molar-refractivity contribution in [2.45, 2.75) is 45.3 Å². The summed E-state index contributed by atoms with van der Waals surface area (Å²) in [5.74, 6) is -0.368. The Bertz CT molecular complexity index is 1070. The van der Waals surface area contributed by atoms with Crippen molar-refractivity contribution in [1.29, 1.82) is 0 Å². The molecule has 2 heterocycles. The number of carbonyl (C=O) groups is 1. The van der Waals surface area contributed by atoms with Gasteiger partial charge in [-0.1, -0.05) is 61.0 Å². The Hall–Kier alpha value is -3.18. The number of aromatic amines is 1. The summed E-state index contributed by atoms with van der Waals surface area (Å²) in [6.07, 6.45) is 3.88. The van der Waals surface area contributed by atoms with Gasteiger partial charge in [-0.15, -0.1) is 0 Å². The van der Waals surface area contributed by atoms with Gasteiger partial charge in [-0.3, -0.25) is 14.5 Å². The maximum atomic E-state index is 12.5. The van der Waals surface area contributed by atoms with Gasteiger partial charge in [0.15, 0.2) is 0 Å². The number of piperidine rings is 1. The summed E-state index contributed by atoms with van der Waals surface area (Å²) in [6.45, 7) is 4.82. The molecule has 1 unspecified atom stereocenters. The number of nitrogens with one attached hydrogen (secondary N) is 2. The number of rotatable bonds is 6. The Kier molecular flexibility index (Phi) is 6.63. The second-order valence-corrected chi connectivity index (χ2v) is 8.30. The topological polar surface area (TPSA) is 65.2 Å². The Labute approximate surface area is 183 Å². The highest BCUT2D eigenvalue weighted by atomic mass is 16.2. The lowest BCUT2D eigenvalue weighted by molar-refractivity contribution is 0.0949. The fourth-order valence-corrected chi connectivity index (χ4v) is 4.11. The van der Waals surface area contributed by atoms with Crippen molar-refractivity contribution in [3.63, 3.8) is 0 Å². The summed E-state index contributed by atoms with van der Waals surface area (Å²) in [5.41, 5.74) is 3.64. The molecule has 5 heteroatoms. The minimum atomic E-state index is -0.384. The Balaban J connectivity index is 1.35. The van der Waals surface area contributed by atoms with E-state index >= 15 is 0 Å². The predicted octanol–water partition coefficient (Wildman–Crippen LogP) is 4.35. The van der Waals surface area contributed by atoms with Crippen LogP contribution in [-0.4, -0.2) is 28.4 Å². The van der Waals surface area contributed by atoms with E-state index in [4.69, 9.17) is 0 Å². The third kappa shape index (κ3) is 5.30. The highest BCUT2D eigenvalue weighted by Crippen LogP contribution is 2.19. The number of pyridine rings is 1. The third-order valence-corrected chi connectivity index (χ3v) is 6.04. The van der Waals surface area contributed by atoms with E-state index in [0.29, 0.717) is 18.3 Å². The molecule has 2 N–H and O–H groups in total. The largest absolute Gasteiger partial charge is 0.348 e. The van der Waals surface area contributed by atoms with Crippen molar-refractivity contribution >= 4 is 5.91 Å². The van der Waals surface area contributed by atoms with Crippen molar-refractivity contribution < 1.29 is 4.79 Å². The number of hydrogen-bond donors (Lipinski definition) is 2. The van der Waals surface area contributed by atoms with Gasteiger partial charge in [-0.05, 0) is 55.1 Å². The zero-order chi connectivity index (χ0) is 21.6. The van der Waals surface area contributed by atoms with Crippen molar-refractivity contribution in [2.75, 3.05) is 6.54 Å². The maximum absolute atomic E-state index is 12.5. The second kappa shape index (κ2) is 9.75. The van der Waals surface area contributed by atoms with Crippen molar-refractivity contribution in [3.8, 4) is 11.3 Å². The minimum Gasteiger partial charge on any atom is -0.348 e. The number of likely N-dealkylation sites (tertiary alicyclic amines) is 1. The minimum absolute atomic E-state index is 0.121. The molecule has 1 saturated heterocycles. The molecule has 0 saturated carbocycles. The summed E-state index contributed by atoms with van der Waals surface area (Å²) in [5, 5.41) is 2.85. The van der Waals surface area contributed by atoms with E-state index in [-0.39, 0.29) is 17.0 Å². The lowest BCUT2D eigenvalue weighted by Gasteiger charge is -2.33. The molecule has 1 aliphatic rings. The van der Waals surface area contributed by atoms with E-state index in [0.717, 1.165) is 24.2 Å². The van der Waals surface area contributed by atoms with Gasteiger partial charge in [-0.25, -0.2) is 0 Å². The number of hydrogen-bond acceptors (Lipinski definition) is 3. The molecular weight excluding hydrogens is 386 g/mol. The van der Waals surface area contributed by atoms with E-state index in [9.17, 15) is 9.59 Å². The molecule has 2 aromatic carbocycles. The van der Waals surface area contributed by atoms with Gasteiger partial charge < -0.3 is 10.3 Å². The van der Waals surface area contributed by atoms with Crippen LogP contribution in [0.1, 0.15) is 47.7 Å². The molecule has 3 aromatic rings. The molecular formula is C26H29N3O2. The van der Waals surface area contributed by atoms with Crippen LogP contribution in [0.3, 0.4) is 0 Å². The highest BCUT2D eigenvalue weighted by Gasteiger charge is 2.18. The van der Waals surface area contributed by atoms with Gasteiger partial charge in [0.05, 0.1) is 0 Å². The number of amides is 1. The molecule has 1 amide bonds. The van der Waals surface area contributed by atoms with Gasteiger partial charge in [0.2, 0.25) is 0 Å². The standard InChI is InChI=1S/C26H29N3O2/c1-19-7-5-6-16-29(19)18-21-12-10-20(11-13-21)17-27-25(30)23-14-15-24(28-26(23)31)22-8-3-2-4-9-22/h2-4,8-15,19H,5-7,16-18H2,1H3,(H,27,30)(H,28,31). The Morgan fingerprint density at radius 1 is 1.00 bits per heavy atom. The first-order chi connectivity index (χ1) is 15.1. The molecule has 1 aromatic heterocycles. The van der Waals surface area contributed by atoms with E-state index < -0.39 is 0 Å². The van der Waals surface area contributed by atoms with Crippen LogP contribution in [0.15, 0.2) is 71.5 Å². The van der Waals surface area contributed by atoms with Crippen molar-refractivity contribution in [1.82, 2.24) is 15.2 Å². The van der Waals surface area contributed by atoms with Crippen LogP contribution in [0.5, 0.6) is 0 Å². The van der Waals surface area contributed by atoms with Crippen LogP contribution in [0.25, 0.3) is 11.3 Å². The monoisotopic (exact) mass is 415 g/mol. The first kappa shape index (κ1) is 21.1. The molecule has 1 aliphatic heterocycles. The van der Waals surface area contributed by atoms with Crippen LogP contribution >= 0.6 is 0 Å². The lowest BCUT2D eigenvalue weighted by Crippen LogP contribution is -2.36. The van der Waals surface area contributed by atoms with Gasteiger partial charge in [-0.2, -0.15) is 0 Å². The molecule has 160 valence electrons. The van der Waals surface area contributed by atoms with Gasteiger partial charge >= 0.3 is 0 Å². The zero-order valence-corrected chi connectivity index (χ0v) is 17.9. The summed E-state index contributed by atoms with van der Waals surface area (Å²) >= 11 is 0. The van der Waals surface area contributed by atoms with Crippen LogP contribution in [0.2, 0.25) is 0 Å². The maximum Gasteiger partial charge on any atom is 0.261 e. The average Bonchev–Trinajstić information content (AvgIpc) is 2.80. The van der Waals surface area contributed by atoms with Crippen LogP contribution < -0.4 is 10.9 Å². The normalized spacial score (nSPS) is 16.7. The number of carbonyl (C=O) groups excluding carboxylic acids is 1. The lowest BCUT2D eigenvalue weighted by atomic mass is 10.0. The smallest absolute Gasteiger partial charge is 0.261 e.